The van der Waals surface area contributed by atoms with Gasteiger partial charge in [0.2, 0.25) is 0 Å². The molecule has 1 aromatic rings. The van der Waals surface area contributed by atoms with Gasteiger partial charge in [0, 0.05) is 16.6 Å². The molecule has 0 amide bonds. The Balaban J connectivity index is 2.99. The van der Waals surface area contributed by atoms with Crippen LogP contribution in [0, 0.1) is 0 Å². The Morgan fingerprint density at radius 3 is 2.60 bits per heavy atom. The van der Waals surface area contributed by atoms with Gasteiger partial charge in [0.1, 0.15) is 5.60 Å². The summed E-state index contributed by atoms with van der Waals surface area (Å²) in [4.78, 5) is 0. The lowest BCUT2D eigenvalue weighted by molar-refractivity contribution is 0.0222. The number of halogens is 1. The number of rotatable bonds is 4. The Kier molecular flexibility index (Phi) is 4.14. The highest BCUT2D eigenvalue weighted by Crippen LogP contribution is 2.30. The number of hydrogen-bond donors (Lipinski definition) is 2. The SMILES string of the molecule is CCNC(C)C(C)(O)c1ccccc1Cl. The van der Waals surface area contributed by atoms with E-state index in [1.54, 1.807) is 13.0 Å². The van der Waals surface area contributed by atoms with Crippen molar-refractivity contribution in [2.45, 2.75) is 32.4 Å². The Labute approximate surface area is 96.3 Å². The molecule has 2 N–H and O–H groups in total. The number of hydrogen-bond acceptors (Lipinski definition) is 2. The minimum Gasteiger partial charge on any atom is -0.384 e. The van der Waals surface area contributed by atoms with Gasteiger partial charge in [-0.05, 0) is 26.5 Å². The first-order chi connectivity index (χ1) is 7.00. The summed E-state index contributed by atoms with van der Waals surface area (Å²) in [5.41, 5.74) is -0.186. The first kappa shape index (κ1) is 12.5. The maximum absolute atomic E-state index is 10.4. The van der Waals surface area contributed by atoms with Crippen LogP contribution in [-0.4, -0.2) is 17.7 Å². The number of benzene rings is 1. The van der Waals surface area contributed by atoms with Crippen molar-refractivity contribution < 1.29 is 5.11 Å². The quantitative estimate of drug-likeness (QED) is 0.829. The highest BCUT2D eigenvalue weighted by molar-refractivity contribution is 6.31. The van der Waals surface area contributed by atoms with Gasteiger partial charge in [-0.15, -0.1) is 0 Å². The van der Waals surface area contributed by atoms with E-state index in [9.17, 15) is 5.11 Å². The predicted octanol–water partition coefficient (Wildman–Crippen LogP) is 2.55. The molecule has 2 atom stereocenters. The summed E-state index contributed by atoms with van der Waals surface area (Å²) in [7, 11) is 0. The standard InChI is InChI=1S/C12H18ClNO/c1-4-14-9(2)12(3,15)10-7-5-6-8-11(10)13/h5-9,14-15H,4H2,1-3H3. The van der Waals surface area contributed by atoms with Crippen LogP contribution in [0.2, 0.25) is 5.02 Å². The summed E-state index contributed by atoms with van der Waals surface area (Å²) in [6.45, 7) is 6.56. The Hall–Kier alpha value is -0.570. The van der Waals surface area contributed by atoms with Crippen molar-refractivity contribution in [1.82, 2.24) is 5.32 Å². The van der Waals surface area contributed by atoms with Crippen molar-refractivity contribution in [3.05, 3.63) is 34.9 Å². The van der Waals surface area contributed by atoms with E-state index in [0.29, 0.717) is 5.02 Å². The molecule has 0 heterocycles. The molecular formula is C12H18ClNO. The van der Waals surface area contributed by atoms with Crippen molar-refractivity contribution in [2.75, 3.05) is 6.54 Å². The van der Waals surface area contributed by atoms with E-state index in [2.05, 4.69) is 5.32 Å². The van der Waals surface area contributed by atoms with E-state index in [1.807, 2.05) is 32.0 Å². The maximum Gasteiger partial charge on any atom is 0.103 e. The van der Waals surface area contributed by atoms with Crippen LogP contribution in [0.3, 0.4) is 0 Å². The molecule has 2 nitrogen and oxygen atoms in total. The van der Waals surface area contributed by atoms with Crippen molar-refractivity contribution in [2.24, 2.45) is 0 Å². The number of nitrogens with one attached hydrogen (secondary N) is 1. The summed E-state index contributed by atoms with van der Waals surface area (Å²) < 4.78 is 0. The van der Waals surface area contributed by atoms with Crippen LogP contribution in [0.15, 0.2) is 24.3 Å². The second-order valence-electron chi connectivity index (χ2n) is 3.91. The Bertz CT molecular complexity index is 325. The molecule has 84 valence electrons. The van der Waals surface area contributed by atoms with Crippen LogP contribution in [0.5, 0.6) is 0 Å². The molecule has 0 aliphatic carbocycles. The van der Waals surface area contributed by atoms with Gasteiger partial charge in [-0.3, -0.25) is 0 Å². The largest absolute Gasteiger partial charge is 0.384 e. The van der Waals surface area contributed by atoms with Crippen molar-refractivity contribution >= 4 is 11.6 Å². The third kappa shape index (κ3) is 2.71. The van der Waals surface area contributed by atoms with Crippen LogP contribution in [0.4, 0.5) is 0 Å². The van der Waals surface area contributed by atoms with Crippen LogP contribution < -0.4 is 5.32 Å². The molecule has 0 aromatic heterocycles. The second kappa shape index (κ2) is 4.97. The highest BCUT2D eigenvalue weighted by atomic mass is 35.5. The Morgan fingerprint density at radius 1 is 1.47 bits per heavy atom. The van der Waals surface area contributed by atoms with Crippen molar-refractivity contribution in [1.29, 1.82) is 0 Å². The lowest BCUT2D eigenvalue weighted by atomic mass is 9.89. The highest BCUT2D eigenvalue weighted by Gasteiger charge is 2.31. The molecule has 15 heavy (non-hydrogen) atoms. The average Bonchev–Trinajstić information content (AvgIpc) is 2.18. The minimum absolute atomic E-state index is 0.0394. The zero-order chi connectivity index (χ0) is 11.5. The molecule has 0 radical (unpaired) electrons. The molecule has 0 aliphatic rings. The molecule has 1 aromatic carbocycles. The zero-order valence-corrected chi connectivity index (χ0v) is 10.2. The second-order valence-corrected chi connectivity index (χ2v) is 4.31. The molecule has 0 bridgehead atoms. The first-order valence-corrected chi connectivity index (χ1v) is 5.58. The molecular weight excluding hydrogens is 210 g/mol. The molecule has 2 unspecified atom stereocenters. The predicted molar refractivity (Wildman–Crippen MR) is 64.2 cm³/mol. The van der Waals surface area contributed by atoms with Crippen LogP contribution in [0.1, 0.15) is 26.3 Å². The normalized spacial score (nSPS) is 17.1. The van der Waals surface area contributed by atoms with Gasteiger partial charge in [0.05, 0.1) is 0 Å². The van der Waals surface area contributed by atoms with E-state index in [0.717, 1.165) is 12.1 Å². The fourth-order valence-electron chi connectivity index (χ4n) is 1.61. The van der Waals surface area contributed by atoms with Gasteiger partial charge >= 0.3 is 0 Å². The molecule has 0 saturated carbocycles. The topological polar surface area (TPSA) is 32.3 Å². The first-order valence-electron chi connectivity index (χ1n) is 5.21. The van der Waals surface area contributed by atoms with E-state index in [4.69, 9.17) is 11.6 Å². The third-order valence-electron chi connectivity index (χ3n) is 2.77. The fraction of sp³-hybridized carbons (Fsp3) is 0.500. The van der Waals surface area contributed by atoms with E-state index in [1.165, 1.54) is 0 Å². The van der Waals surface area contributed by atoms with Crippen molar-refractivity contribution in [3.8, 4) is 0 Å². The third-order valence-corrected chi connectivity index (χ3v) is 3.10. The van der Waals surface area contributed by atoms with Gasteiger partial charge in [0.25, 0.3) is 0 Å². The molecule has 0 fully saturated rings. The fourth-order valence-corrected chi connectivity index (χ4v) is 1.94. The van der Waals surface area contributed by atoms with Gasteiger partial charge in [-0.1, -0.05) is 36.7 Å². The molecule has 3 heteroatoms. The summed E-state index contributed by atoms with van der Waals surface area (Å²) in [5, 5.41) is 14.2. The van der Waals surface area contributed by atoms with Crippen molar-refractivity contribution in [3.63, 3.8) is 0 Å². The zero-order valence-electron chi connectivity index (χ0n) is 9.42. The van der Waals surface area contributed by atoms with Gasteiger partial charge in [-0.2, -0.15) is 0 Å². The van der Waals surface area contributed by atoms with E-state index < -0.39 is 5.60 Å². The van der Waals surface area contributed by atoms with Gasteiger partial charge in [0.15, 0.2) is 0 Å². The summed E-state index contributed by atoms with van der Waals surface area (Å²) in [6, 6.07) is 7.36. The summed E-state index contributed by atoms with van der Waals surface area (Å²) >= 11 is 6.07. The van der Waals surface area contributed by atoms with Crippen LogP contribution >= 0.6 is 11.6 Å². The minimum atomic E-state index is -0.950. The molecule has 0 aliphatic heterocycles. The average molecular weight is 228 g/mol. The van der Waals surface area contributed by atoms with E-state index >= 15 is 0 Å². The number of likely N-dealkylation sites (N-methyl/N-ethyl adjacent to an activating group) is 1. The van der Waals surface area contributed by atoms with Crippen LogP contribution in [0.25, 0.3) is 0 Å². The van der Waals surface area contributed by atoms with Crippen LogP contribution in [-0.2, 0) is 5.60 Å². The lowest BCUT2D eigenvalue weighted by Gasteiger charge is -2.32. The smallest absolute Gasteiger partial charge is 0.103 e. The van der Waals surface area contributed by atoms with E-state index in [-0.39, 0.29) is 6.04 Å². The molecule has 1 rings (SSSR count). The summed E-state index contributed by atoms with van der Waals surface area (Å²) in [5.74, 6) is 0. The van der Waals surface area contributed by atoms with Gasteiger partial charge in [-0.25, -0.2) is 0 Å². The monoisotopic (exact) mass is 227 g/mol. The number of aliphatic hydroxyl groups is 1. The Morgan fingerprint density at radius 2 is 2.07 bits per heavy atom. The molecule has 0 spiro atoms. The maximum atomic E-state index is 10.4. The summed E-state index contributed by atoms with van der Waals surface area (Å²) in [6.07, 6.45) is 0. The lowest BCUT2D eigenvalue weighted by Crippen LogP contribution is -2.44. The van der Waals surface area contributed by atoms with Gasteiger partial charge < -0.3 is 10.4 Å². The molecule has 0 saturated heterocycles.